The number of carbonyl (C=O) groups is 1. The van der Waals surface area contributed by atoms with Crippen molar-refractivity contribution in [3.63, 3.8) is 0 Å². The lowest BCUT2D eigenvalue weighted by atomic mass is 9.98. The van der Waals surface area contributed by atoms with Gasteiger partial charge in [-0.15, -0.1) is 0 Å². The standard InChI is InChI=1S/C24H28O4/c1-15(2)6-12-19-21(26)14-22(28-5)23(24(19)27)20(25)13-9-17-7-10-18(11-8-17)16(3)4/h6-11,13-14,16,26-27H,12H2,1-5H3/b13-9+. The van der Waals surface area contributed by atoms with Crippen molar-refractivity contribution in [1.29, 1.82) is 0 Å². The second kappa shape index (κ2) is 9.27. The molecule has 0 fully saturated rings. The van der Waals surface area contributed by atoms with Crippen LogP contribution in [0.1, 0.15) is 60.7 Å². The number of hydrogen-bond acceptors (Lipinski definition) is 4. The molecule has 2 rings (SSSR count). The van der Waals surface area contributed by atoms with E-state index in [2.05, 4.69) is 13.8 Å². The molecule has 2 N–H and O–H groups in total. The number of aromatic hydroxyl groups is 2. The van der Waals surface area contributed by atoms with E-state index in [4.69, 9.17) is 4.74 Å². The fraction of sp³-hybridized carbons (Fsp3) is 0.292. The molecule has 0 unspecified atom stereocenters. The molecule has 0 saturated carbocycles. The highest BCUT2D eigenvalue weighted by atomic mass is 16.5. The summed E-state index contributed by atoms with van der Waals surface area (Å²) in [5, 5.41) is 20.8. The van der Waals surface area contributed by atoms with Crippen molar-refractivity contribution in [2.45, 2.75) is 40.0 Å². The Balaban J connectivity index is 2.37. The molecule has 2 aromatic carbocycles. The second-order valence-electron chi connectivity index (χ2n) is 7.30. The summed E-state index contributed by atoms with van der Waals surface area (Å²) in [7, 11) is 1.40. The Morgan fingerprint density at radius 3 is 2.32 bits per heavy atom. The molecular formula is C24H28O4. The molecule has 0 aromatic heterocycles. The summed E-state index contributed by atoms with van der Waals surface area (Å²) in [5.41, 5.74) is 3.52. The van der Waals surface area contributed by atoms with Gasteiger partial charge in [0.15, 0.2) is 5.78 Å². The number of ketones is 1. The average molecular weight is 380 g/mol. The van der Waals surface area contributed by atoms with E-state index in [1.54, 1.807) is 6.08 Å². The zero-order valence-electron chi connectivity index (χ0n) is 17.1. The van der Waals surface area contributed by atoms with E-state index in [0.717, 1.165) is 11.1 Å². The number of carbonyl (C=O) groups excluding carboxylic acids is 1. The molecule has 2 aromatic rings. The van der Waals surface area contributed by atoms with Crippen molar-refractivity contribution in [1.82, 2.24) is 0 Å². The Morgan fingerprint density at radius 1 is 1.14 bits per heavy atom. The van der Waals surface area contributed by atoms with Crippen molar-refractivity contribution in [3.05, 3.63) is 70.3 Å². The van der Waals surface area contributed by atoms with E-state index in [1.807, 2.05) is 44.2 Å². The summed E-state index contributed by atoms with van der Waals surface area (Å²) < 4.78 is 5.21. The Labute approximate surface area is 166 Å². The molecule has 0 heterocycles. The van der Waals surface area contributed by atoms with E-state index in [1.165, 1.54) is 24.8 Å². The van der Waals surface area contributed by atoms with Gasteiger partial charge in [0.1, 0.15) is 22.8 Å². The summed E-state index contributed by atoms with van der Waals surface area (Å²) in [6.07, 6.45) is 5.31. The molecule has 0 spiro atoms. The highest BCUT2D eigenvalue weighted by Crippen LogP contribution is 2.39. The third-order valence-corrected chi connectivity index (χ3v) is 4.56. The third kappa shape index (κ3) is 5.03. The van der Waals surface area contributed by atoms with Gasteiger partial charge in [-0.25, -0.2) is 0 Å². The monoisotopic (exact) mass is 380 g/mol. The van der Waals surface area contributed by atoms with Crippen LogP contribution in [0.25, 0.3) is 6.08 Å². The lowest BCUT2D eigenvalue weighted by molar-refractivity contribution is 0.104. The fourth-order valence-electron chi connectivity index (χ4n) is 2.83. The molecule has 28 heavy (non-hydrogen) atoms. The van der Waals surface area contributed by atoms with Crippen LogP contribution in [0.5, 0.6) is 17.2 Å². The normalized spacial score (nSPS) is 11.1. The van der Waals surface area contributed by atoms with Crippen LogP contribution in [-0.4, -0.2) is 23.1 Å². The first kappa shape index (κ1) is 21.3. The molecule has 4 nitrogen and oxygen atoms in total. The minimum absolute atomic E-state index is 0.0486. The summed E-state index contributed by atoms with van der Waals surface area (Å²) in [6, 6.07) is 9.34. The zero-order valence-corrected chi connectivity index (χ0v) is 17.1. The van der Waals surface area contributed by atoms with Crippen LogP contribution in [0, 0.1) is 0 Å². The Morgan fingerprint density at radius 2 is 1.79 bits per heavy atom. The van der Waals surface area contributed by atoms with Gasteiger partial charge < -0.3 is 14.9 Å². The minimum Gasteiger partial charge on any atom is -0.507 e. The quantitative estimate of drug-likeness (QED) is 0.371. The van der Waals surface area contributed by atoms with Crippen molar-refractivity contribution in [2.24, 2.45) is 0 Å². The number of phenolic OH excluding ortho intramolecular Hbond substituents is 2. The maximum atomic E-state index is 12.8. The van der Waals surface area contributed by atoms with Gasteiger partial charge in [-0.05, 0) is 43.4 Å². The van der Waals surface area contributed by atoms with Crippen molar-refractivity contribution in [3.8, 4) is 17.2 Å². The molecular weight excluding hydrogens is 352 g/mol. The Hall–Kier alpha value is -3.01. The van der Waals surface area contributed by atoms with Crippen molar-refractivity contribution < 1.29 is 19.7 Å². The van der Waals surface area contributed by atoms with Gasteiger partial charge in [0.2, 0.25) is 0 Å². The van der Waals surface area contributed by atoms with Gasteiger partial charge in [0.05, 0.1) is 7.11 Å². The number of phenols is 2. The minimum atomic E-state index is -0.388. The van der Waals surface area contributed by atoms with Crippen LogP contribution >= 0.6 is 0 Å². The van der Waals surface area contributed by atoms with Crippen molar-refractivity contribution in [2.75, 3.05) is 7.11 Å². The molecule has 0 aliphatic heterocycles. The first-order valence-electron chi connectivity index (χ1n) is 9.32. The first-order valence-corrected chi connectivity index (χ1v) is 9.32. The Kier molecular flexibility index (Phi) is 7.05. The molecule has 0 amide bonds. The number of methoxy groups -OCH3 is 1. The highest BCUT2D eigenvalue weighted by Gasteiger charge is 2.21. The predicted molar refractivity (Wildman–Crippen MR) is 113 cm³/mol. The molecule has 0 bridgehead atoms. The second-order valence-corrected chi connectivity index (χ2v) is 7.30. The number of allylic oxidation sites excluding steroid dienone is 3. The summed E-state index contributed by atoms with van der Waals surface area (Å²) in [6.45, 7) is 8.11. The van der Waals surface area contributed by atoms with E-state index in [-0.39, 0.29) is 28.6 Å². The first-order chi connectivity index (χ1) is 13.2. The van der Waals surface area contributed by atoms with Gasteiger partial charge in [0, 0.05) is 11.6 Å². The summed E-state index contributed by atoms with van der Waals surface area (Å²) >= 11 is 0. The molecule has 148 valence electrons. The van der Waals surface area contributed by atoms with E-state index in [0.29, 0.717) is 17.9 Å². The lowest BCUT2D eigenvalue weighted by Crippen LogP contribution is -2.02. The van der Waals surface area contributed by atoms with Gasteiger partial charge in [-0.3, -0.25) is 4.79 Å². The summed E-state index contributed by atoms with van der Waals surface area (Å²) in [4.78, 5) is 12.8. The average Bonchev–Trinajstić information content (AvgIpc) is 2.65. The zero-order chi connectivity index (χ0) is 20.8. The maximum absolute atomic E-state index is 12.8. The van der Waals surface area contributed by atoms with Crippen LogP contribution in [0.15, 0.2) is 48.1 Å². The van der Waals surface area contributed by atoms with Crippen LogP contribution in [-0.2, 0) is 6.42 Å². The van der Waals surface area contributed by atoms with E-state index >= 15 is 0 Å². The van der Waals surface area contributed by atoms with Crippen LogP contribution in [0.4, 0.5) is 0 Å². The maximum Gasteiger partial charge on any atom is 0.193 e. The molecule has 0 aliphatic rings. The Bertz CT molecular complexity index is 899. The fourth-order valence-corrected chi connectivity index (χ4v) is 2.83. The number of ether oxygens (including phenoxy) is 1. The lowest BCUT2D eigenvalue weighted by Gasteiger charge is -2.13. The number of rotatable bonds is 7. The smallest absolute Gasteiger partial charge is 0.193 e. The van der Waals surface area contributed by atoms with Crippen molar-refractivity contribution >= 4 is 11.9 Å². The van der Waals surface area contributed by atoms with E-state index < -0.39 is 0 Å². The van der Waals surface area contributed by atoms with E-state index in [9.17, 15) is 15.0 Å². The summed E-state index contributed by atoms with van der Waals surface area (Å²) in [5.74, 6) is -0.158. The molecule has 0 atom stereocenters. The van der Waals surface area contributed by atoms with Gasteiger partial charge in [-0.1, -0.05) is 55.8 Å². The van der Waals surface area contributed by atoms with Crippen LogP contribution in [0.2, 0.25) is 0 Å². The molecule has 0 radical (unpaired) electrons. The van der Waals surface area contributed by atoms with Gasteiger partial charge >= 0.3 is 0 Å². The van der Waals surface area contributed by atoms with Crippen LogP contribution < -0.4 is 4.74 Å². The topological polar surface area (TPSA) is 66.8 Å². The SMILES string of the molecule is COc1cc(O)c(CC=C(C)C)c(O)c1C(=O)/C=C/c1ccc(C(C)C)cc1. The third-order valence-electron chi connectivity index (χ3n) is 4.56. The molecule has 0 aliphatic carbocycles. The highest BCUT2D eigenvalue weighted by molar-refractivity contribution is 6.11. The van der Waals surface area contributed by atoms with Gasteiger partial charge in [-0.2, -0.15) is 0 Å². The van der Waals surface area contributed by atoms with Gasteiger partial charge in [0.25, 0.3) is 0 Å². The largest absolute Gasteiger partial charge is 0.507 e. The molecule has 4 heteroatoms. The van der Waals surface area contributed by atoms with Crippen LogP contribution in [0.3, 0.4) is 0 Å². The number of hydrogen-bond donors (Lipinski definition) is 2. The number of benzene rings is 2. The predicted octanol–water partition coefficient (Wildman–Crippen LogP) is 5.63. The molecule has 0 saturated heterocycles.